The summed E-state index contributed by atoms with van der Waals surface area (Å²) in [5.41, 5.74) is 10.5. The van der Waals surface area contributed by atoms with Gasteiger partial charge in [0.2, 0.25) is 0 Å². The van der Waals surface area contributed by atoms with E-state index in [1.54, 1.807) is 7.11 Å². The summed E-state index contributed by atoms with van der Waals surface area (Å²) in [7, 11) is 1.66. The minimum absolute atomic E-state index is 0.565. The summed E-state index contributed by atoms with van der Waals surface area (Å²) in [6.07, 6.45) is -5.19. The van der Waals surface area contributed by atoms with Gasteiger partial charge in [-0.1, -0.05) is 17.1 Å². The summed E-state index contributed by atoms with van der Waals surface area (Å²) < 4.78 is 36.8. The third-order valence-corrected chi connectivity index (χ3v) is 4.96. The summed E-state index contributed by atoms with van der Waals surface area (Å²) >= 11 is 0. The molecule has 0 aliphatic carbocycles. The van der Waals surface area contributed by atoms with Crippen molar-refractivity contribution in [3.63, 3.8) is 0 Å². The molecule has 0 atom stereocenters. The fourth-order valence-electron chi connectivity index (χ4n) is 3.58. The molecule has 4 rings (SSSR count). The smallest absolute Gasteiger partial charge is 0.430 e. The van der Waals surface area contributed by atoms with Gasteiger partial charge in [0.15, 0.2) is 4.87 Å². The number of carbonyl (C=O) groups is 1. The number of carbonyl (C=O) groups excluding carboxylic acids is 1. The third-order valence-electron chi connectivity index (χ3n) is 4.96. The van der Waals surface area contributed by atoms with Crippen molar-refractivity contribution in [1.29, 1.82) is 0 Å². The Morgan fingerprint density at radius 3 is 2.31 bits per heavy atom. The Hall–Kier alpha value is -3.60. The number of para-hydroxylation sites is 1. The molecule has 2 aromatic rings. The number of hydrogen-bond donors (Lipinski definition) is 1. The van der Waals surface area contributed by atoms with E-state index in [9.17, 15) is 18.1 Å². The maximum absolute atomic E-state index is 12.7. The van der Waals surface area contributed by atoms with E-state index in [0.29, 0.717) is 18.8 Å². The maximum Gasteiger partial charge on any atom is 0.430 e. The average molecular weight is 450 g/mol. The highest BCUT2D eigenvalue weighted by atomic mass is 19.4. The van der Waals surface area contributed by atoms with Crippen LogP contribution in [-0.4, -0.2) is 60.2 Å². The zero-order valence-electron chi connectivity index (χ0n) is 17.1. The van der Waals surface area contributed by atoms with E-state index in [0.717, 1.165) is 46.2 Å². The quantitative estimate of drug-likeness (QED) is 0.708. The number of halogens is 3. The van der Waals surface area contributed by atoms with Gasteiger partial charge in [0.05, 0.1) is 23.3 Å². The molecule has 2 aromatic carbocycles. The first-order valence-corrected chi connectivity index (χ1v) is 9.65. The van der Waals surface area contributed by atoms with Crippen molar-refractivity contribution in [3.05, 3.63) is 64.6 Å². The van der Waals surface area contributed by atoms with Gasteiger partial charge in [-0.2, -0.15) is 13.2 Å². The van der Waals surface area contributed by atoms with Crippen molar-refractivity contribution in [2.75, 3.05) is 33.3 Å². The highest BCUT2D eigenvalue weighted by molar-refractivity contribution is 5.93. The van der Waals surface area contributed by atoms with Crippen LogP contribution in [0.5, 0.6) is 5.75 Å². The number of carboxylic acids is 1. The first-order chi connectivity index (χ1) is 15.2. The van der Waals surface area contributed by atoms with Gasteiger partial charge in [0.1, 0.15) is 24.0 Å². The van der Waals surface area contributed by atoms with Gasteiger partial charge in [0, 0.05) is 31.3 Å². The molecule has 2 aliphatic heterocycles. The Morgan fingerprint density at radius 2 is 1.75 bits per heavy atom. The van der Waals surface area contributed by atoms with Crippen LogP contribution in [0.15, 0.2) is 48.5 Å². The Balaban J connectivity index is 0.000000360. The van der Waals surface area contributed by atoms with Crippen molar-refractivity contribution < 1.29 is 32.7 Å². The molecule has 0 radical (unpaired) electrons. The van der Waals surface area contributed by atoms with Gasteiger partial charge >= 0.3 is 11.9 Å². The molecule has 2 heterocycles. The Labute approximate surface area is 181 Å². The van der Waals surface area contributed by atoms with E-state index < -0.39 is 12.1 Å². The predicted molar refractivity (Wildman–Crippen MR) is 108 cm³/mol. The summed E-state index contributed by atoms with van der Waals surface area (Å²) in [5, 5.41) is 10.6. The lowest BCUT2D eigenvalue weighted by atomic mass is 10.0. The highest BCUT2D eigenvalue weighted by Crippen LogP contribution is 2.44. The first-order valence-electron chi connectivity index (χ1n) is 9.65. The Morgan fingerprint density at radius 1 is 1.12 bits per heavy atom. The number of nitrogens with two attached hydrogens (primary N) is 1. The lowest BCUT2D eigenvalue weighted by Gasteiger charge is -2.33. The molecule has 0 saturated heterocycles. The number of nitroso groups, excluding NO2 is 1. The van der Waals surface area contributed by atoms with E-state index in [-0.39, 0.29) is 0 Å². The van der Waals surface area contributed by atoms with Gasteiger partial charge in [-0.05, 0) is 30.3 Å². The first kappa shape index (κ1) is 23.1. The number of hydrazine groups is 1. The van der Waals surface area contributed by atoms with Gasteiger partial charge < -0.3 is 25.3 Å². The minimum atomic E-state index is -5.19. The van der Waals surface area contributed by atoms with Crippen LogP contribution in [0, 0.1) is 4.91 Å². The molecule has 32 heavy (non-hydrogen) atoms. The molecule has 0 fully saturated rings. The van der Waals surface area contributed by atoms with Crippen LogP contribution in [0.1, 0.15) is 11.1 Å². The Kier molecular flexibility index (Phi) is 6.68. The second-order valence-electron chi connectivity index (χ2n) is 6.90. The average Bonchev–Trinajstić information content (AvgIpc) is 3.06. The zero-order chi connectivity index (χ0) is 23.5. The minimum Gasteiger partial charge on any atom is -0.542 e. The topological polar surface area (TPSA) is 102 Å². The summed E-state index contributed by atoms with van der Waals surface area (Å²) in [5.74, 6) is -2.20. The van der Waals surface area contributed by atoms with Crippen LogP contribution in [0.4, 0.5) is 18.9 Å². The standard InChI is InChI=1S/C19H21N4O2.C2HF3O2/c1-25-15-8-6-14(7-9-15)18-19-16-4-2-3-5-17(16)23(24)22(19)13-12-21(18)11-10-20;3-2(4,5)1(6)7/h2-9H,10-13,20H2,1H3;(H,6,7)/q+1;/p-1. The van der Waals surface area contributed by atoms with Crippen LogP contribution in [0.2, 0.25) is 0 Å². The number of fused-ring (bicyclic) bond motifs is 3. The molecule has 0 aromatic heterocycles. The van der Waals surface area contributed by atoms with E-state index in [1.807, 2.05) is 53.5 Å². The molecule has 2 N–H and O–H groups in total. The fourth-order valence-corrected chi connectivity index (χ4v) is 3.58. The molecule has 0 amide bonds. The molecular weight excluding hydrogens is 429 g/mol. The molecule has 0 bridgehead atoms. The van der Waals surface area contributed by atoms with Gasteiger partial charge in [-0.15, -0.1) is 0 Å². The molecule has 11 heteroatoms. The molecule has 170 valence electrons. The van der Waals surface area contributed by atoms with E-state index in [1.165, 1.54) is 0 Å². The van der Waals surface area contributed by atoms with Gasteiger partial charge in [-0.3, -0.25) is 0 Å². The number of alkyl halides is 3. The number of methoxy groups -OCH3 is 1. The summed E-state index contributed by atoms with van der Waals surface area (Å²) in [6.45, 7) is 2.72. The van der Waals surface area contributed by atoms with Crippen molar-refractivity contribution in [1.82, 2.24) is 9.91 Å². The molecule has 0 unspecified atom stereocenters. The van der Waals surface area contributed by atoms with Crippen LogP contribution in [0.25, 0.3) is 11.4 Å². The number of benzene rings is 2. The largest absolute Gasteiger partial charge is 0.542 e. The van der Waals surface area contributed by atoms with Crippen LogP contribution in [0.3, 0.4) is 0 Å². The monoisotopic (exact) mass is 450 g/mol. The lowest BCUT2D eigenvalue weighted by Crippen LogP contribution is -2.42. The SMILES string of the molecule is COc1ccc(C2=C3c4ccccc4[N+](=O)N3CCN2CCN)cc1.O=C([O-])C(F)(F)F. The molecule has 0 saturated carbocycles. The third kappa shape index (κ3) is 4.52. The normalized spacial score (nSPS) is 15.1. The van der Waals surface area contributed by atoms with Gasteiger partial charge in [-0.25, -0.2) is 0 Å². The van der Waals surface area contributed by atoms with Gasteiger partial charge in [0.25, 0.3) is 0 Å². The van der Waals surface area contributed by atoms with Crippen molar-refractivity contribution in [2.45, 2.75) is 6.18 Å². The predicted octanol–water partition coefficient (Wildman–Crippen LogP) is 1.73. The number of ether oxygens (including phenoxy) is 1. The number of rotatable bonds is 4. The second kappa shape index (κ2) is 9.27. The molecular formula is C21H21F3N4O4. The fraction of sp³-hybridized carbons (Fsp3) is 0.286. The maximum atomic E-state index is 12.7. The van der Waals surface area contributed by atoms with Crippen LogP contribution < -0.4 is 15.6 Å². The molecule has 8 nitrogen and oxygen atoms in total. The number of hydrogen-bond acceptors (Lipinski definition) is 6. The number of nitrogens with zero attached hydrogens (tertiary/aromatic N) is 3. The lowest BCUT2D eigenvalue weighted by molar-refractivity contribution is -0.612. The zero-order valence-corrected chi connectivity index (χ0v) is 17.1. The van der Waals surface area contributed by atoms with Crippen LogP contribution >= 0.6 is 0 Å². The Bertz CT molecular complexity index is 1040. The second-order valence-corrected chi connectivity index (χ2v) is 6.90. The summed E-state index contributed by atoms with van der Waals surface area (Å²) in [6, 6.07) is 15.7. The van der Waals surface area contributed by atoms with Crippen molar-refractivity contribution in [2.24, 2.45) is 5.73 Å². The molecule has 0 spiro atoms. The van der Waals surface area contributed by atoms with E-state index in [4.69, 9.17) is 20.4 Å². The summed E-state index contributed by atoms with van der Waals surface area (Å²) in [4.78, 5) is 24.8. The van der Waals surface area contributed by atoms with E-state index >= 15 is 0 Å². The highest BCUT2D eigenvalue weighted by Gasteiger charge is 2.46. The van der Waals surface area contributed by atoms with Crippen molar-refractivity contribution in [3.8, 4) is 5.75 Å². The molecule has 2 aliphatic rings. The van der Waals surface area contributed by atoms with Crippen molar-refractivity contribution >= 4 is 23.1 Å². The van der Waals surface area contributed by atoms with E-state index in [2.05, 4.69) is 4.90 Å². The number of carboxylic acid groups (broad SMARTS) is 1. The number of aliphatic carboxylic acids is 1. The van der Waals surface area contributed by atoms with Crippen LogP contribution in [-0.2, 0) is 4.79 Å².